The number of Topliss-reactive ketones (excluding diaryl/α,β-unsaturated/α-hetero) is 1. The van der Waals surface area contributed by atoms with Gasteiger partial charge in [0.25, 0.3) is 0 Å². The molecule has 0 aliphatic heterocycles. The smallest absolute Gasteiger partial charge is 0.162 e. The van der Waals surface area contributed by atoms with Crippen molar-refractivity contribution < 1.29 is 9.18 Å². The molecule has 2 aromatic rings. The minimum Gasteiger partial charge on any atom is -0.294 e. The number of benzene rings is 2. The fourth-order valence-electron chi connectivity index (χ4n) is 1.30. The number of ketones is 1. The van der Waals surface area contributed by atoms with Gasteiger partial charge < -0.3 is 0 Å². The lowest BCUT2D eigenvalue weighted by atomic mass is 10.1. The highest BCUT2D eigenvalue weighted by Crippen LogP contribution is 2.11. The van der Waals surface area contributed by atoms with Gasteiger partial charge in [-0.2, -0.15) is 0 Å². The summed E-state index contributed by atoms with van der Waals surface area (Å²) in [6.07, 6.45) is 2.08. The molecule has 0 fully saturated rings. The summed E-state index contributed by atoms with van der Waals surface area (Å²) < 4.78 is 12.6. The number of rotatable bonds is 2. The van der Waals surface area contributed by atoms with Gasteiger partial charge in [0.05, 0.1) is 5.56 Å². The van der Waals surface area contributed by atoms with Gasteiger partial charge in [0.2, 0.25) is 0 Å². The van der Waals surface area contributed by atoms with E-state index in [0.717, 1.165) is 0 Å². The van der Waals surface area contributed by atoms with Crippen molar-refractivity contribution in [1.29, 1.82) is 0 Å². The molecule has 0 aliphatic rings. The molecule has 0 atom stereocenters. The summed E-state index contributed by atoms with van der Waals surface area (Å²) in [6.45, 7) is 1.35. The first-order valence-corrected chi connectivity index (χ1v) is 6.72. The lowest BCUT2D eigenvalue weighted by molar-refractivity contribution is 0.101. The topological polar surface area (TPSA) is 17.1 Å². The number of carbonyl (C=O) groups is 1. The second-order valence-corrected chi connectivity index (χ2v) is 4.43. The molecular formula is C15H15FOS. The number of hydrogen-bond donors (Lipinski definition) is 0. The zero-order valence-electron chi connectivity index (χ0n) is 10.4. The Labute approximate surface area is 111 Å². The summed E-state index contributed by atoms with van der Waals surface area (Å²) in [6, 6.07) is 16.3. The van der Waals surface area contributed by atoms with Crippen molar-refractivity contribution >= 4 is 17.5 Å². The molecule has 0 heterocycles. The Morgan fingerprint density at radius 3 is 1.94 bits per heavy atom. The van der Waals surface area contributed by atoms with E-state index in [1.165, 1.54) is 24.0 Å². The summed E-state index contributed by atoms with van der Waals surface area (Å²) in [5.41, 5.74) is 0.155. The van der Waals surface area contributed by atoms with Crippen molar-refractivity contribution in [3.63, 3.8) is 0 Å². The van der Waals surface area contributed by atoms with Crippen LogP contribution in [0.3, 0.4) is 0 Å². The lowest BCUT2D eigenvalue weighted by Crippen LogP contribution is -1.94. The predicted molar refractivity (Wildman–Crippen MR) is 74.6 cm³/mol. The molecule has 3 heteroatoms. The zero-order valence-corrected chi connectivity index (χ0v) is 11.2. The van der Waals surface area contributed by atoms with Gasteiger partial charge in [-0.1, -0.05) is 30.3 Å². The standard InChI is InChI=1S/C8H7FO.C7H8S/c1-6(10)7-4-2-3-5-8(7)9;1-8-7-5-3-2-4-6-7/h2-5H,1H3;2-6H,1H3. The van der Waals surface area contributed by atoms with E-state index in [9.17, 15) is 9.18 Å². The third-order valence-electron chi connectivity index (χ3n) is 2.23. The number of hydrogen-bond acceptors (Lipinski definition) is 2. The second-order valence-electron chi connectivity index (χ2n) is 3.55. The van der Waals surface area contributed by atoms with Crippen LogP contribution in [0.5, 0.6) is 0 Å². The summed E-state index contributed by atoms with van der Waals surface area (Å²) in [5, 5.41) is 0. The molecule has 0 saturated carbocycles. The zero-order chi connectivity index (χ0) is 13.4. The minimum absolute atomic E-state index is 0.155. The molecule has 18 heavy (non-hydrogen) atoms. The van der Waals surface area contributed by atoms with Crippen LogP contribution in [0.25, 0.3) is 0 Å². The van der Waals surface area contributed by atoms with Gasteiger partial charge >= 0.3 is 0 Å². The Morgan fingerprint density at radius 1 is 1.00 bits per heavy atom. The van der Waals surface area contributed by atoms with Crippen LogP contribution in [0, 0.1) is 5.82 Å². The molecule has 2 rings (SSSR count). The first-order valence-electron chi connectivity index (χ1n) is 5.49. The van der Waals surface area contributed by atoms with Crippen molar-refractivity contribution in [3.8, 4) is 0 Å². The van der Waals surface area contributed by atoms with E-state index in [-0.39, 0.29) is 11.3 Å². The largest absolute Gasteiger partial charge is 0.294 e. The third-order valence-corrected chi connectivity index (χ3v) is 2.98. The number of thioether (sulfide) groups is 1. The molecule has 2 aromatic carbocycles. The average molecular weight is 262 g/mol. The van der Waals surface area contributed by atoms with Gasteiger partial charge in [0, 0.05) is 4.90 Å². The highest BCUT2D eigenvalue weighted by molar-refractivity contribution is 7.98. The molecule has 0 radical (unpaired) electrons. The molecule has 1 nitrogen and oxygen atoms in total. The maximum atomic E-state index is 12.6. The van der Waals surface area contributed by atoms with Crippen LogP contribution in [-0.4, -0.2) is 12.0 Å². The van der Waals surface area contributed by atoms with Crippen molar-refractivity contribution in [2.24, 2.45) is 0 Å². The average Bonchev–Trinajstić information content (AvgIpc) is 2.40. The summed E-state index contributed by atoms with van der Waals surface area (Å²) >= 11 is 1.77. The molecule has 94 valence electrons. The van der Waals surface area contributed by atoms with Crippen LogP contribution in [0.4, 0.5) is 4.39 Å². The third kappa shape index (κ3) is 4.72. The van der Waals surface area contributed by atoms with Crippen LogP contribution in [0.15, 0.2) is 59.5 Å². The Morgan fingerprint density at radius 2 is 1.56 bits per heavy atom. The molecule has 0 unspecified atom stereocenters. The highest BCUT2D eigenvalue weighted by atomic mass is 32.2. The van der Waals surface area contributed by atoms with Gasteiger partial charge in [0.1, 0.15) is 5.82 Å². The number of carbonyl (C=O) groups excluding carboxylic acids is 1. The molecule has 0 aromatic heterocycles. The van der Waals surface area contributed by atoms with Crippen molar-refractivity contribution in [1.82, 2.24) is 0 Å². The van der Waals surface area contributed by atoms with E-state index in [0.29, 0.717) is 0 Å². The maximum Gasteiger partial charge on any atom is 0.162 e. The molecular weight excluding hydrogens is 247 g/mol. The van der Waals surface area contributed by atoms with Crippen molar-refractivity contribution in [2.75, 3.05) is 6.26 Å². The summed E-state index contributed by atoms with van der Waals surface area (Å²) in [4.78, 5) is 12.0. The lowest BCUT2D eigenvalue weighted by Gasteiger charge is -1.94. The fourth-order valence-corrected chi connectivity index (χ4v) is 1.73. The second kappa shape index (κ2) is 7.67. The fraction of sp³-hybridized carbons (Fsp3) is 0.133. The highest BCUT2D eigenvalue weighted by Gasteiger charge is 2.03. The molecule has 0 N–H and O–H groups in total. The van der Waals surface area contributed by atoms with Gasteiger partial charge in [-0.15, -0.1) is 11.8 Å². The van der Waals surface area contributed by atoms with Crippen LogP contribution in [-0.2, 0) is 0 Å². The molecule has 0 bridgehead atoms. The van der Waals surface area contributed by atoms with Crippen LogP contribution < -0.4 is 0 Å². The van der Waals surface area contributed by atoms with Crippen LogP contribution >= 0.6 is 11.8 Å². The predicted octanol–water partition coefficient (Wildman–Crippen LogP) is 4.44. The molecule has 0 amide bonds. The van der Waals surface area contributed by atoms with Gasteiger partial charge in [-0.05, 0) is 37.4 Å². The monoisotopic (exact) mass is 262 g/mol. The maximum absolute atomic E-state index is 12.6. The summed E-state index contributed by atoms with van der Waals surface area (Å²) in [5.74, 6) is -0.687. The van der Waals surface area contributed by atoms with E-state index < -0.39 is 5.82 Å². The molecule has 0 saturated heterocycles. The van der Waals surface area contributed by atoms with Gasteiger partial charge in [-0.25, -0.2) is 4.39 Å². The normalized spacial score (nSPS) is 9.28. The van der Waals surface area contributed by atoms with Crippen LogP contribution in [0.1, 0.15) is 17.3 Å². The first-order chi connectivity index (χ1) is 8.65. The van der Waals surface area contributed by atoms with E-state index in [2.05, 4.69) is 18.4 Å². The SMILES string of the molecule is CC(=O)c1ccccc1F.CSc1ccccc1. The Bertz CT molecular complexity index is 497. The first kappa shape index (κ1) is 14.5. The Balaban J connectivity index is 0.000000184. The van der Waals surface area contributed by atoms with Crippen molar-refractivity contribution in [3.05, 3.63) is 66.0 Å². The number of halogens is 1. The van der Waals surface area contributed by atoms with Crippen molar-refractivity contribution in [2.45, 2.75) is 11.8 Å². The van der Waals surface area contributed by atoms with Gasteiger partial charge in [0.15, 0.2) is 5.78 Å². The van der Waals surface area contributed by atoms with Gasteiger partial charge in [-0.3, -0.25) is 4.79 Å². The Hall–Kier alpha value is -1.61. The Kier molecular flexibility index (Phi) is 6.15. The summed E-state index contributed by atoms with van der Waals surface area (Å²) in [7, 11) is 0. The quantitative estimate of drug-likeness (QED) is 0.588. The van der Waals surface area contributed by atoms with E-state index >= 15 is 0 Å². The minimum atomic E-state index is -0.449. The van der Waals surface area contributed by atoms with E-state index in [1.807, 2.05) is 18.2 Å². The van der Waals surface area contributed by atoms with E-state index in [4.69, 9.17) is 0 Å². The molecule has 0 aliphatic carbocycles. The molecule has 0 spiro atoms. The van der Waals surface area contributed by atoms with E-state index in [1.54, 1.807) is 23.9 Å². The van der Waals surface area contributed by atoms with Crippen LogP contribution in [0.2, 0.25) is 0 Å².